The Labute approximate surface area is 148 Å². The number of methoxy groups -OCH3 is 3. The number of fused-ring (bicyclic) bond motifs is 5. The topological polar surface area (TPSA) is 47.9 Å². The van der Waals surface area contributed by atoms with Crippen LogP contribution in [0.25, 0.3) is 0 Å². The average Bonchev–Trinajstić information content (AvgIpc) is 2.92. The molecule has 4 rings (SSSR count). The lowest BCUT2D eigenvalue weighted by Gasteiger charge is -2.41. The third-order valence-electron chi connectivity index (χ3n) is 5.88. The van der Waals surface area contributed by atoms with Crippen LogP contribution in [0.2, 0.25) is 0 Å². The maximum atomic E-state index is 10.3. The molecule has 5 heteroatoms. The Kier molecular flexibility index (Phi) is 3.58. The fraction of sp³-hybridized carbons (Fsp3) is 0.400. The Bertz CT molecular complexity index is 848. The summed E-state index contributed by atoms with van der Waals surface area (Å²) < 4.78 is 17.1. The van der Waals surface area contributed by atoms with E-state index in [1.165, 1.54) is 22.4 Å². The molecule has 132 valence electrons. The van der Waals surface area contributed by atoms with Gasteiger partial charge in [0.15, 0.2) is 23.0 Å². The number of nitrogens with zero attached hydrogens (tertiary/aromatic N) is 1. The summed E-state index contributed by atoms with van der Waals surface area (Å²) >= 11 is 0. The van der Waals surface area contributed by atoms with Crippen molar-refractivity contribution in [1.29, 1.82) is 0 Å². The summed E-state index contributed by atoms with van der Waals surface area (Å²) in [6.07, 6.45) is 1.87. The highest BCUT2D eigenvalue weighted by atomic mass is 16.5. The summed E-state index contributed by atoms with van der Waals surface area (Å²) in [6, 6.07) is 8.36. The summed E-state index contributed by atoms with van der Waals surface area (Å²) in [5.41, 5.74) is 5.04. The van der Waals surface area contributed by atoms with Gasteiger partial charge in [0, 0.05) is 30.0 Å². The third kappa shape index (κ3) is 2.19. The number of likely N-dealkylation sites (N-methyl/N-ethyl adjacent to an activating group) is 1. The summed E-state index contributed by atoms with van der Waals surface area (Å²) in [5, 5.41) is 10.3. The van der Waals surface area contributed by atoms with E-state index < -0.39 is 0 Å². The van der Waals surface area contributed by atoms with Crippen LogP contribution < -0.4 is 18.7 Å². The second-order valence-electron chi connectivity index (χ2n) is 7.02. The van der Waals surface area contributed by atoms with Crippen LogP contribution in [0.15, 0.2) is 24.3 Å². The predicted octanol–water partition coefficient (Wildman–Crippen LogP) is 3.21. The quantitative estimate of drug-likeness (QED) is 0.870. The molecule has 0 bridgehead atoms. The highest BCUT2D eigenvalue weighted by molar-refractivity contribution is 5.66. The lowest BCUT2D eigenvalue weighted by atomic mass is 9.90. The largest absolute Gasteiger partial charge is 0.504 e. The van der Waals surface area contributed by atoms with E-state index in [9.17, 15) is 5.11 Å². The van der Waals surface area contributed by atoms with Crippen molar-refractivity contribution in [2.45, 2.75) is 18.9 Å². The Hall–Kier alpha value is -2.40. The fourth-order valence-electron chi connectivity index (χ4n) is 4.49. The molecule has 0 aromatic heterocycles. The minimum absolute atomic E-state index is 0.209. The van der Waals surface area contributed by atoms with Crippen LogP contribution in [0.3, 0.4) is 0 Å². The molecule has 25 heavy (non-hydrogen) atoms. The highest BCUT2D eigenvalue weighted by Crippen LogP contribution is 2.52. The Morgan fingerprint density at radius 2 is 1.56 bits per heavy atom. The van der Waals surface area contributed by atoms with Crippen LogP contribution in [-0.2, 0) is 12.8 Å². The Morgan fingerprint density at radius 1 is 0.920 bits per heavy atom. The van der Waals surface area contributed by atoms with Gasteiger partial charge in [-0.05, 0) is 23.8 Å². The standard InChI is InChI=1S/C20H23NO4/c1-21-6-5-12-8-18(23-2)17(22)10-14(12)16(21)7-13-9-19(24-3)20(25-4)11-15(13)21/h8-11,16H,5-7H2,1-4H3/p+1/t16-,21-/m0/s1. The van der Waals surface area contributed by atoms with Gasteiger partial charge in [-0.1, -0.05) is 0 Å². The van der Waals surface area contributed by atoms with Crippen LogP contribution in [-0.4, -0.2) is 40.0 Å². The SMILES string of the molecule is COc1cc2c(cc1O)[C@@H]1Cc3cc(OC)c(OC)cc3[N@+]1(C)CC2. The maximum absolute atomic E-state index is 10.3. The van der Waals surface area contributed by atoms with Gasteiger partial charge < -0.3 is 19.3 Å². The first-order valence-electron chi connectivity index (χ1n) is 8.52. The highest BCUT2D eigenvalue weighted by Gasteiger charge is 2.48. The Balaban J connectivity index is 1.85. The minimum Gasteiger partial charge on any atom is -0.504 e. The molecule has 2 aliphatic heterocycles. The van der Waals surface area contributed by atoms with Gasteiger partial charge in [0.2, 0.25) is 0 Å². The molecule has 0 aliphatic carbocycles. The van der Waals surface area contributed by atoms with Crippen molar-refractivity contribution in [2.24, 2.45) is 0 Å². The number of benzene rings is 2. The van der Waals surface area contributed by atoms with Crippen molar-refractivity contribution in [2.75, 3.05) is 34.9 Å². The minimum atomic E-state index is 0.209. The van der Waals surface area contributed by atoms with Crippen LogP contribution in [0, 0.1) is 0 Å². The predicted molar refractivity (Wildman–Crippen MR) is 96.9 cm³/mol. The van der Waals surface area contributed by atoms with Crippen molar-refractivity contribution in [3.8, 4) is 23.0 Å². The average molecular weight is 342 g/mol. The zero-order valence-corrected chi connectivity index (χ0v) is 15.1. The van der Waals surface area contributed by atoms with E-state index in [0.29, 0.717) is 5.75 Å². The number of ether oxygens (including phenoxy) is 3. The Morgan fingerprint density at radius 3 is 2.24 bits per heavy atom. The molecule has 1 N–H and O–H groups in total. The molecule has 5 nitrogen and oxygen atoms in total. The maximum Gasteiger partial charge on any atom is 0.166 e. The van der Waals surface area contributed by atoms with Crippen molar-refractivity contribution < 1.29 is 19.3 Å². The normalized spacial score (nSPS) is 23.4. The number of aromatic hydroxyl groups is 1. The lowest BCUT2D eigenvalue weighted by molar-refractivity contribution is 0.251. The van der Waals surface area contributed by atoms with Crippen LogP contribution in [0.4, 0.5) is 5.69 Å². The molecule has 0 spiro atoms. The van der Waals surface area contributed by atoms with Gasteiger partial charge in [-0.15, -0.1) is 0 Å². The van der Waals surface area contributed by atoms with E-state index in [2.05, 4.69) is 19.2 Å². The number of rotatable bonds is 3. The monoisotopic (exact) mass is 342 g/mol. The number of phenols is 1. The molecule has 0 fully saturated rings. The van der Waals surface area contributed by atoms with Crippen LogP contribution in [0.5, 0.6) is 23.0 Å². The molecule has 0 saturated heterocycles. The first kappa shape index (κ1) is 16.1. The first-order chi connectivity index (χ1) is 12.0. The molecule has 2 aromatic rings. The summed E-state index contributed by atoms with van der Waals surface area (Å²) in [6.45, 7) is 1.01. The molecule has 0 amide bonds. The van der Waals surface area contributed by atoms with Gasteiger partial charge >= 0.3 is 0 Å². The first-order valence-corrected chi connectivity index (χ1v) is 8.52. The van der Waals surface area contributed by atoms with Gasteiger partial charge in [-0.25, -0.2) is 0 Å². The zero-order valence-electron chi connectivity index (χ0n) is 15.1. The second kappa shape index (κ2) is 5.56. The van der Waals surface area contributed by atoms with Crippen molar-refractivity contribution in [3.63, 3.8) is 0 Å². The summed E-state index contributed by atoms with van der Waals surface area (Å²) in [4.78, 5) is 0. The molecule has 0 unspecified atom stereocenters. The number of hydrogen-bond acceptors (Lipinski definition) is 4. The molecule has 0 radical (unpaired) electrons. The van der Waals surface area contributed by atoms with Crippen molar-refractivity contribution in [1.82, 2.24) is 4.48 Å². The van der Waals surface area contributed by atoms with Crippen LogP contribution in [0.1, 0.15) is 22.7 Å². The van der Waals surface area contributed by atoms with Crippen LogP contribution >= 0.6 is 0 Å². The van der Waals surface area contributed by atoms with E-state index in [1.807, 2.05) is 12.1 Å². The number of phenolic OH excluding ortho intramolecular Hbond substituents is 1. The van der Waals surface area contributed by atoms with E-state index in [-0.39, 0.29) is 11.8 Å². The molecule has 2 aromatic carbocycles. The molecule has 2 heterocycles. The van der Waals surface area contributed by atoms with E-state index >= 15 is 0 Å². The molecular weight excluding hydrogens is 318 g/mol. The third-order valence-corrected chi connectivity index (χ3v) is 5.88. The van der Waals surface area contributed by atoms with Gasteiger partial charge in [-0.3, -0.25) is 4.48 Å². The number of hydrogen-bond donors (Lipinski definition) is 1. The van der Waals surface area contributed by atoms with Gasteiger partial charge in [0.05, 0.1) is 34.9 Å². The molecular formula is C20H24NO4+. The van der Waals surface area contributed by atoms with E-state index in [4.69, 9.17) is 14.2 Å². The smallest absolute Gasteiger partial charge is 0.166 e. The van der Waals surface area contributed by atoms with Gasteiger partial charge in [0.25, 0.3) is 0 Å². The molecule has 0 saturated carbocycles. The second-order valence-corrected chi connectivity index (χ2v) is 7.02. The van der Waals surface area contributed by atoms with Crippen molar-refractivity contribution >= 4 is 5.69 Å². The lowest BCUT2D eigenvalue weighted by Crippen LogP contribution is -2.50. The molecule has 2 atom stereocenters. The summed E-state index contributed by atoms with van der Waals surface area (Å²) in [7, 11) is 7.20. The number of quaternary nitrogens is 1. The van der Waals surface area contributed by atoms with Gasteiger partial charge in [0.1, 0.15) is 11.7 Å². The summed E-state index contributed by atoms with van der Waals surface area (Å²) in [5.74, 6) is 2.30. The zero-order chi connectivity index (χ0) is 17.8. The fourth-order valence-corrected chi connectivity index (χ4v) is 4.49. The van der Waals surface area contributed by atoms with Gasteiger partial charge in [-0.2, -0.15) is 0 Å². The van der Waals surface area contributed by atoms with E-state index in [0.717, 1.165) is 35.4 Å². The molecule has 2 aliphatic rings. The van der Waals surface area contributed by atoms with E-state index in [1.54, 1.807) is 21.3 Å². The van der Waals surface area contributed by atoms with Crippen molar-refractivity contribution in [3.05, 3.63) is 41.0 Å².